The Morgan fingerprint density at radius 1 is 1.30 bits per heavy atom. The standard InChI is InChI=1S/C21H33N3O5S/c1-15-6-4-5-11-23(15)16(2)13-22-21(26)20-12-17(25)14-24(20)30(27,28)19-9-7-18(29-3)8-10-19/h7-10,15-17,20,25H,4-6,11-14H2,1-3H3,(H,22,26)/t15-,16+,17-,20+/m1/s1. The zero-order chi connectivity index (χ0) is 21.9. The molecule has 2 N–H and O–H groups in total. The van der Waals surface area contributed by atoms with E-state index < -0.39 is 22.2 Å². The number of hydrogen-bond acceptors (Lipinski definition) is 6. The summed E-state index contributed by atoms with van der Waals surface area (Å²) in [6, 6.07) is 5.76. The van der Waals surface area contributed by atoms with Gasteiger partial charge in [0.2, 0.25) is 15.9 Å². The molecule has 2 fully saturated rings. The maximum atomic E-state index is 13.1. The van der Waals surface area contributed by atoms with E-state index in [2.05, 4.69) is 24.1 Å². The average Bonchev–Trinajstić information content (AvgIpc) is 3.15. The van der Waals surface area contributed by atoms with E-state index in [9.17, 15) is 18.3 Å². The van der Waals surface area contributed by atoms with Crippen molar-refractivity contribution in [3.05, 3.63) is 24.3 Å². The number of benzene rings is 1. The predicted molar refractivity (Wildman–Crippen MR) is 114 cm³/mol. The molecule has 2 aliphatic rings. The number of likely N-dealkylation sites (tertiary alicyclic amines) is 1. The first-order valence-corrected chi connectivity index (χ1v) is 12.1. The van der Waals surface area contributed by atoms with Gasteiger partial charge in [-0.05, 0) is 57.5 Å². The Morgan fingerprint density at radius 3 is 2.63 bits per heavy atom. The second kappa shape index (κ2) is 9.64. The number of carbonyl (C=O) groups excluding carboxylic acids is 1. The molecule has 0 bridgehead atoms. The minimum absolute atomic E-state index is 0.0747. The fraction of sp³-hybridized carbons (Fsp3) is 0.667. The van der Waals surface area contributed by atoms with Gasteiger partial charge in [-0.3, -0.25) is 9.69 Å². The Kier molecular flexibility index (Phi) is 7.38. The summed E-state index contributed by atoms with van der Waals surface area (Å²) in [5.41, 5.74) is 0. The number of methoxy groups -OCH3 is 1. The van der Waals surface area contributed by atoms with E-state index in [4.69, 9.17) is 4.74 Å². The summed E-state index contributed by atoms with van der Waals surface area (Å²) in [5.74, 6) is 0.186. The van der Waals surface area contributed by atoms with Crippen molar-refractivity contribution in [1.82, 2.24) is 14.5 Å². The zero-order valence-electron chi connectivity index (χ0n) is 18.0. The summed E-state index contributed by atoms with van der Waals surface area (Å²) in [6.45, 7) is 5.65. The van der Waals surface area contributed by atoms with Crippen LogP contribution in [0.2, 0.25) is 0 Å². The van der Waals surface area contributed by atoms with Gasteiger partial charge in [-0.25, -0.2) is 8.42 Å². The van der Waals surface area contributed by atoms with Crippen LogP contribution in [-0.2, 0) is 14.8 Å². The van der Waals surface area contributed by atoms with Gasteiger partial charge in [-0.1, -0.05) is 6.42 Å². The lowest BCUT2D eigenvalue weighted by atomic mass is 10.0. The van der Waals surface area contributed by atoms with Crippen LogP contribution in [-0.4, -0.2) is 79.6 Å². The van der Waals surface area contributed by atoms with Crippen LogP contribution >= 0.6 is 0 Å². The molecule has 4 atom stereocenters. The number of aliphatic hydroxyl groups excluding tert-OH is 1. The number of aliphatic hydroxyl groups is 1. The highest BCUT2D eigenvalue weighted by atomic mass is 32.2. The fourth-order valence-electron chi connectivity index (χ4n) is 4.43. The number of nitrogens with zero attached hydrogens (tertiary/aromatic N) is 2. The summed E-state index contributed by atoms with van der Waals surface area (Å²) in [6.07, 6.45) is 2.77. The van der Waals surface area contributed by atoms with Crippen molar-refractivity contribution in [2.45, 2.75) is 68.7 Å². The quantitative estimate of drug-likeness (QED) is 0.662. The molecule has 9 heteroatoms. The van der Waals surface area contributed by atoms with Gasteiger partial charge in [-0.2, -0.15) is 4.31 Å². The first-order valence-electron chi connectivity index (χ1n) is 10.6. The minimum Gasteiger partial charge on any atom is -0.497 e. The molecule has 8 nitrogen and oxygen atoms in total. The molecule has 2 aliphatic heterocycles. The molecule has 2 saturated heterocycles. The number of nitrogens with one attached hydrogen (secondary N) is 1. The second-order valence-corrected chi connectivity index (χ2v) is 10.2. The molecule has 0 saturated carbocycles. The van der Waals surface area contributed by atoms with Crippen molar-refractivity contribution in [3.8, 4) is 5.75 Å². The van der Waals surface area contributed by atoms with Gasteiger partial charge in [-0.15, -0.1) is 0 Å². The third kappa shape index (κ3) is 4.96. The van der Waals surface area contributed by atoms with Crippen molar-refractivity contribution in [3.63, 3.8) is 0 Å². The number of piperidine rings is 1. The van der Waals surface area contributed by atoms with Crippen LogP contribution in [0.3, 0.4) is 0 Å². The Labute approximate surface area is 179 Å². The Balaban J connectivity index is 1.68. The molecular weight excluding hydrogens is 406 g/mol. The summed E-state index contributed by atoms with van der Waals surface area (Å²) >= 11 is 0. The first kappa shape index (κ1) is 23.0. The molecule has 3 rings (SSSR count). The summed E-state index contributed by atoms with van der Waals surface area (Å²) in [7, 11) is -2.41. The van der Waals surface area contributed by atoms with E-state index in [0.717, 1.165) is 23.7 Å². The van der Waals surface area contributed by atoms with Gasteiger partial charge in [0, 0.05) is 31.6 Å². The van der Waals surface area contributed by atoms with Crippen LogP contribution in [0.1, 0.15) is 39.5 Å². The highest BCUT2D eigenvalue weighted by Gasteiger charge is 2.43. The van der Waals surface area contributed by atoms with Gasteiger partial charge in [0.15, 0.2) is 0 Å². The Morgan fingerprint density at radius 2 is 2.00 bits per heavy atom. The molecule has 1 aromatic rings. The van der Waals surface area contributed by atoms with Crippen molar-refractivity contribution in [2.75, 3.05) is 26.7 Å². The van der Waals surface area contributed by atoms with Crippen molar-refractivity contribution >= 4 is 15.9 Å². The second-order valence-electron chi connectivity index (χ2n) is 8.33. The molecule has 0 aromatic heterocycles. The lowest BCUT2D eigenvalue weighted by Gasteiger charge is -2.38. The highest BCUT2D eigenvalue weighted by molar-refractivity contribution is 7.89. The van der Waals surface area contributed by atoms with E-state index in [-0.39, 0.29) is 29.8 Å². The third-order valence-electron chi connectivity index (χ3n) is 6.19. The molecule has 168 valence electrons. The topological polar surface area (TPSA) is 99.2 Å². The highest BCUT2D eigenvalue weighted by Crippen LogP contribution is 2.28. The minimum atomic E-state index is -3.91. The Hall–Kier alpha value is -1.68. The number of β-amino-alcohol motifs (C(OH)–C–C–N with tert-alkyl or cyclic N) is 1. The van der Waals surface area contributed by atoms with Crippen LogP contribution < -0.4 is 10.1 Å². The molecular formula is C21H33N3O5S. The van der Waals surface area contributed by atoms with E-state index in [1.165, 1.54) is 25.7 Å². The van der Waals surface area contributed by atoms with Crippen LogP contribution in [0.4, 0.5) is 0 Å². The summed E-state index contributed by atoms with van der Waals surface area (Å²) < 4.78 is 32.4. The largest absolute Gasteiger partial charge is 0.497 e. The van der Waals surface area contributed by atoms with Gasteiger partial charge >= 0.3 is 0 Å². The molecule has 30 heavy (non-hydrogen) atoms. The average molecular weight is 440 g/mol. The number of sulfonamides is 1. The van der Waals surface area contributed by atoms with E-state index in [0.29, 0.717) is 18.3 Å². The van der Waals surface area contributed by atoms with Gasteiger partial charge in [0.05, 0.1) is 18.1 Å². The SMILES string of the molecule is COc1ccc(S(=O)(=O)N2C[C@H](O)C[C@H]2C(=O)NC[C@H](C)N2CCCC[C@H]2C)cc1. The van der Waals surface area contributed by atoms with Crippen LogP contribution in [0, 0.1) is 0 Å². The molecule has 0 aliphatic carbocycles. The maximum Gasteiger partial charge on any atom is 0.243 e. The van der Waals surface area contributed by atoms with Gasteiger partial charge in [0.25, 0.3) is 0 Å². The van der Waals surface area contributed by atoms with E-state index >= 15 is 0 Å². The van der Waals surface area contributed by atoms with Crippen LogP contribution in [0.25, 0.3) is 0 Å². The van der Waals surface area contributed by atoms with Crippen molar-refractivity contribution in [2.24, 2.45) is 0 Å². The zero-order valence-corrected chi connectivity index (χ0v) is 18.8. The number of carbonyl (C=O) groups is 1. The van der Waals surface area contributed by atoms with Crippen LogP contribution in [0.5, 0.6) is 5.75 Å². The summed E-state index contributed by atoms with van der Waals surface area (Å²) in [5, 5.41) is 13.0. The number of amides is 1. The lowest BCUT2D eigenvalue weighted by Crippen LogP contribution is -2.51. The third-order valence-corrected chi connectivity index (χ3v) is 8.08. The molecule has 2 heterocycles. The monoisotopic (exact) mass is 439 g/mol. The molecule has 0 spiro atoms. The van der Waals surface area contributed by atoms with Crippen molar-refractivity contribution in [1.29, 1.82) is 0 Å². The predicted octanol–water partition coefficient (Wildman–Crippen LogP) is 1.20. The normalized spacial score (nSPS) is 27.0. The molecule has 1 aromatic carbocycles. The van der Waals surface area contributed by atoms with Gasteiger partial charge < -0.3 is 15.2 Å². The number of hydrogen-bond donors (Lipinski definition) is 2. The molecule has 0 unspecified atom stereocenters. The lowest BCUT2D eigenvalue weighted by molar-refractivity contribution is -0.124. The maximum absolute atomic E-state index is 13.1. The fourth-order valence-corrected chi connectivity index (χ4v) is 6.07. The first-order chi connectivity index (χ1) is 14.2. The molecule has 0 radical (unpaired) electrons. The smallest absolute Gasteiger partial charge is 0.243 e. The summed E-state index contributed by atoms with van der Waals surface area (Å²) in [4.78, 5) is 15.3. The van der Waals surface area contributed by atoms with Crippen molar-refractivity contribution < 1.29 is 23.1 Å². The number of rotatable bonds is 7. The number of ether oxygens (including phenoxy) is 1. The van der Waals surface area contributed by atoms with Crippen LogP contribution in [0.15, 0.2) is 29.2 Å². The van der Waals surface area contributed by atoms with E-state index in [1.54, 1.807) is 12.1 Å². The Bertz CT molecular complexity index is 830. The molecule has 1 amide bonds. The van der Waals surface area contributed by atoms with Gasteiger partial charge in [0.1, 0.15) is 11.8 Å². The van der Waals surface area contributed by atoms with E-state index in [1.807, 2.05) is 0 Å².